The number of halogens is 2. The van der Waals surface area contributed by atoms with E-state index < -0.39 is 10.0 Å². The first-order valence-corrected chi connectivity index (χ1v) is 15.1. The first-order valence-electron chi connectivity index (χ1n) is 13.2. The monoisotopic (exact) mass is 627 g/mol. The molecule has 0 atom stereocenters. The van der Waals surface area contributed by atoms with Crippen molar-refractivity contribution in [2.75, 3.05) is 35.9 Å². The summed E-state index contributed by atoms with van der Waals surface area (Å²) in [5.41, 5.74) is 2.27. The fraction of sp³-hybridized carbons (Fsp3) is 0.444. The minimum absolute atomic E-state index is 0. The molecule has 41 heavy (non-hydrogen) atoms. The van der Waals surface area contributed by atoms with Crippen molar-refractivity contribution in [2.45, 2.75) is 45.2 Å². The predicted octanol–water partition coefficient (Wildman–Crippen LogP) is 5.12. The third-order valence-corrected chi connectivity index (χ3v) is 7.16. The molecule has 4 rings (SSSR count). The lowest BCUT2D eigenvalue weighted by atomic mass is 10.0. The third-order valence-electron chi connectivity index (χ3n) is 6.55. The van der Waals surface area contributed by atoms with E-state index in [0.29, 0.717) is 23.0 Å². The third kappa shape index (κ3) is 10.7. The van der Waals surface area contributed by atoms with Crippen molar-refractivity contribution in [1.82, 2.24) is 24.6 Å². The van der Waals surface area contributed by atoms with Crippen LogP contribution < -0.4 is 14.8 Å². The van der Waals surface area contributed by atoms with E-state index in [0.717, 1.165) is 63.7 Å². The Balaban J connectivity index is 0.00000294. The number of rotatable bonds is 11. The van der Waals surface area contributed by atoms with Gasteiger partial charge in [0.25, 0.3) is 0 Å². The molecule has 0 aliphatic carbocycles. The van der Waals surface area contributed by atoms with Gasteiger partial charge in [0, 0.05) is 63.4 Å². The van der Waals surface area contributed by atoms with Crippen LogP contribution in [0.3, 0.4) is 0 Å². The lowest BCUT2D eigenvalue weighted by Crippen LogP contribution is -2.49. The summed E-state index contributed by atoms with van der Waals surface area (Å²) < 4.78 is 32.6. The zero-order chi connectivity index (χ0) is 27.8. The van der Waals surface area contributed by atoms with Gasteiger partial charge in [-0.3, -0.25) is 14.3 Å². The van der Waals surface area contributed by atoms with Crippen LogP contribution in [-0.4, -0.2) is 70.9 Å². The van der Waals surface area contributed by atoms with Gasteiger partial charge in [0.05, 0.1) is 18.1 Å². The summed E-state index contributed by atoms with van der Waals surface area (Å²) in [4.78, 5) is 21.9. The number of nitrogens with zero attached hydrogens (tertiary/aromatic N) is 5. The molecule has 1 aliphatic heterocycles. The number of ether oxygens (including phenoxy) is 1. The van der Waals surface area contributed by atoms with Gasteiger partial charge in [-0.1, -0.05) is 19.4 Å². The number of unbranched alkanes of at least 4 members (excludes halogenated alkanes) is 1. The summed E-state index contributed by atoms with van der Waals surface area (Å²) in [7, 11) is -1.49. The lowest BCUT2D eigenvalue weighted by Gasteiger charge is -2.38. The maximum atomic E-state index is 13.1. The van der Waals surface area contributed by atoms with Gasteiger partial charge >= 0.3 is 6.03 Å². The van der Waals surface area contributed by atoms with E-state index in [9.17, 15) is 13.2 Å². The molecular weight excluding hydrogens is 589 g/mol. The summed E-state index contributed by atoms with van der Waals surface area (Å²) in [6, 6.07) is 10.6. The average Bonchev–Trinajstić information content (AvgIpc) is 3.31. The number of carbonyl (C=O) groups excluding carboxylic acids is 1. The number of likely N-dealkylation sites (tertiary alicyclic amines) is 1. The van der Waals surface area contributed by atoms with Gasteiger partial charge in [-0.25, -0.2) is 18.2 Å². The second kappa shape index (κ2) is 15.8. The number of anilines is 2. The number of aromatic nitrogens is 3. The van der Waals surface area contributed by atoms with E-state index >= 15 is 0 Å². The molecule has 0 radical (unpaired) electrons. The number of hydrogen-bond donors (Lipinski definition) is 2. The van der Waals surface area contributed by atoms with Gasteiger partial charge in [-0.2, -0.15) is 5.10 Å². The van der Waals surface area contributed by atoms with Crippen LogP contribution in [0, 0.1) is 0 Å². The molecule has 3 aromatic rings. The first kappa shape index (κ1) is 34.1. The van der Waals surface area contributed by atoms with E-state index in [-0.39, 0.29) is 36.9 Å². The van der Waals surface area contributed by atoms with Crippen LogP contribution in [0.15, 0.2) is 55.0 Å². The van der Waals surface area contributed by atoms with Gasteiger partial charge in [-0.15, -0.1) is 24.8 Å². The maximum absolute atomic E-state index is 13.1. The highest BCUT2D eigenvalue weighted by molar-refractivity contribution is 7.92. The van der Waals surface area contributed by atoms with E-state index in [1.54, 1.807) is 41.3 Å². The molecule has 2 amide bonds. The molecule has 1 saturated heterocycles. The molecule has 2 N–H and O–H groups in total. The van der Waals surface area contributed by atoms with Crippen LogP contribution in [0.4, 0.5) is 16.2 Å². The molecule has 11 nitrogen and oxygen atoms in total. The number of pyridine rings is 1. The summed E-state index contributed by atoms with van der Waals surface area (Å²) in [5.74, 6) is 1.03. The Bertz CT molecular complexity index is 1330. The van der Waals surface area contributed by atoms with Crippen LogP contribution in [0.1, 0.15) is 38.2 Å². The Hall–Kier alpha value is -3.06. The normalized spacial score (nSPS) is 13.9. The molecule has 0 spiro atoms. The highest BCUT2D eigenvalue weighted by atomic mass is 35.5. The summed E-state index contributed by atoms with van der Waals surface area (Å²) in [6.07, 6.45) is 10.2. The number of amides is 2. The van der Waals surface area contributed by atoms with Gasteiger partial charge in [0.1, 0.15) is 5.75 Å². The second-order valence-electron chi connectivity index (χ2n) is 9.89. The van der Waals surface area contributed by atoms with E-state index in [4.69, 9.17) is 4.74 Å². The van der Waals surface area contributed by atoms with Crippen LogP contribution in [0.5, 0.6) is 11.6 Å². The molecule has 1 fully saturated rings. The number of carbonyl (C=O) groups is 1. The van der Waals surface area contributed by atoms with Gasteiger partial charge in [-0.05, 0) is 49.1 Å². The van der Waals surface area contributed by atoms with Crippen LogP contribution in [0.2, 0.25) is 0 Å². The number of aryl methyl sites for hydroxylation is 1. The van der Waals surface area contributed by atoms with Crippen molar-refractivity contribution in [3.8, 4) is 11.6 Å². The van der Waals surface area contributed by atoms with Crippen molar-refractivity contribution in [3.63, 3.8) is 0 Å². The fourth-order valence-corrected chi connectivity index (χ4v) is 5.16. The molecule has 0 bridgehead atoms. The molecule has 226 valence electrons. The minimum atomic E-state index is -3.32. The number of benzene rings is 1. The highest BCUT2D eigenvalue weighted by Crippen LogP contribution is 2.24. The van der Waals surface area contributed by atoms with Crippen LogP contribution >= 0.6 is 24.8 Å². The zero-order valence-electron chi connectivity index (χ0n) is 23.5. The van der Waals surface area contributed by atoms with E-state index in [1.807, 2.05) is 30.3 Å². The van der Waals surface area contributed by atoms with Crippen molar-refractivity contribution in [1.29, 1.82) is 0 Å². The Morgan fingerprint density at radius 2 is 1.78 bits per heavy atom. The van der Waals surface area contributed by atoms with Gasteiger partial charge in [0.2, 0.25) is 15.9 Å². The largest absolute Gasteiger partial charge is 0.439 e. The van der Waals surface area contributed by atoms with Crippen molar-refractivity contribution in [2.24, 2.45) is 7.05 Å². The van der Waals surface area contributed by atoms with Crippen molar-refractivity contribution < 1.29 is 17.9 Å². The zero-order valence-corrected chi connectivity index (χ0v) is 26.0. The van der Waals surface area contributed by atoms with E-state index in [2.05, 4.69) is 31.9 Å². The Morgan fingerprint density at radius 3 is 2.34 bits per heavy atom. The Kier molecular flexibility index (Phi) is 13.2. The molecular formula is C27H39Cl2N7O4S. The van der Waals surface area contributed by atoms with E-state index in [1.165, 1.54) is 0 Å². The molecule has 0 saturated carbocycles. The van der Waals surface area contributed by atoms with Gasteiger partial charge in [0.15, 0.2) is 0 Å². The van der Waals surface area contributed by atoms with Crippen molar-refractivity contribution >= 4 is 52.2 Å². The smallest absolute Gasteiger partial charge is 0.322 e. The Labute approximate surface area is 254 Å². The number of hydrogen-bond acceptors (Lipinski definition) is 7. The minimum Gasteiger partial charge on any atom is -0.439 e. The van der Waals surface area contributed by atoms with Gasteiger partial charge < -0.3 is 15.0 Å². The first-order chi connectivity index (χ1) is 18.7. The molecule has 1 aromatic carbocycles. The fourth-order valence-electron chi connectivity index (χ4n) is 4.60. The average molecular weight is 629 g/mol. The SMILES string of the molecule is CCCCN(C(=O)Nc1cnn(C)c1)C1CCN(Cc2ccc(Oc3ccc(NS(C)(=O)=O)cc3)nc2)CC1.Cl.Cl. The standard InChI is InChI=1S/C27H37N7O4S.2ClH/c1-4-5-14-34(27(35)30-23-18-29-32(2)20-23)24-12-15-33(16-13-24)19-21-6-11-26(28-17-21)38-25-9-7-22(8-10-25)31-39(3,36)37;;/h6-11,17-18,20,24,31H,4-5,12-16,19H2,1-3H3,(H,30,35);2*1H. The van der Waals surface area contributed by atoms with Crippen LogP contribution in [0.25, 0.3) is 0 Å². The maximum Gasteiger partial charge on any atom is 0.322 e. The molecule has 0 unspecified atom stereocenters. The number of sulfonamides is 1. The van der Waals surface area contributed by atoms with Crippen molar-refractivity contribution in [3.05, 3.63) is 60.6 Å². The number of nitrogens with one attached hydrogen (secondary N) is 2. The summed E-state index contributed by atoms with van der Waals surface area (Å²) >= 11 is 0. The predicted molar refractivity (Wildman–Crippen MR) is 166 cm³/mol. The Morgan fingerprint density at radius 1 is 1.07 bits per heavy atom. The second-order valence-corrected chi connectivity index (χ2v) is 11.6. The van der Waals surface area contributed by atoms with Crippen LogP contribution in [-0.2, 0) is 23.6 Å². The number of piperidine rings is 1. The molecule has 3 heterocycles. The highest BCUT2D eigenvalue weighted by Gasteiger charge is 2.28. The molecule has 1 aliphatic rings. The molecule has 2 aromatic heterocycles. The number of urea groups is 1. The lowest BCUT2D eigenvalue weighted by molar-refractivity contribution is 0.122. The topological polar surface area (TPSA) is 122 Å². The molecule has 14 heteroatoms. The summed E-state index contributed by atoms with van der Waals surface area (Å²) in [6.45, 7) is 5.47. The quantitative estimate of drug-likeness (QED) is 0.302. The summed E-state index contributed by atoms with van der Waals surface area (Å²) in [5, 5.41) is 7.13.